The SMILES string of the molecule is COc1c(C)cc(NCCCC(C)N)c(C)c1C. The van der Waals surface area contributed by atoms with Crippen molar-refractivity contribution < 1.29 is 4.74 Å². The van der Waals surface area contributed by atoms with E-state index in [0.29, 0.717) is 0 Å². The summed E-state index contributed by atoms with van der Waals surface area (Å²) in [6.45, 7) is 9.33. The number of nitrogens with two attached hydrogens (primary N) is 1. The van der Waals surface area contributed by atoms with Crippen LogP contribution in [0, 0.1) is 20.8 Å². The molecule has 0 bridgehead atoms. The average Bonchev–Trinajstić information content (AvgIpc) is 2.31. The molecule has 18 heavy (non-hydrogen) atoms. The summed E-state index contributed by atoms with van der Waals surface area (Å²) in [6.07, 6.45) is 2.15. The predicted octanol–water partition coefficient (Wildman–Crippen LogP) is 3.16. The van der Waals surface area contributed by atoms with Gasteiger partial charge < -0.3 is 15.8 Å². The summed E-state index contributed by atoms with van der Waals surface area (Å²) in [5, 5.41) is 3.49. The van der Waals surface area contributed by atoms with Crippen LogP contribution < -0.4 is 15.8 Å². The second-order valence-electron chi connectivity index (χ2n) is 5.07. The minimum Gasteiger partial charge on any atom is -0.496 e. The fourth-order valence-electron chi connectivity index (χ4n) is 2.20. The van der Waals surface area contributed by atoms with Crippen LogP contribution in [0.3, 0.4) is 0 Å². The summed E-state index contributed by atoms with van der Waals surface area (Å²) >= 11 is 0. The van der Waals surface area contributed by atoms with Crippen LogP contribution in [-0.2, 0) is 0 Å². The van der Waals surface area contributed by atoms with Crippen molar-refractivity contribution in [2.75, 3.05) is 19.0 Å². The number of rotatable bonds is 6. The second-order valence-corrected chi connectivity index (χ2v) is 5.07. The Morgan fingerprint density at radius 3 is 2.50 bits per heavy atom. The van der Waals surface area contributed by atoms with E-state index in [2.05, 4.69) is 32.2 Å². The maximum atomic E-state index is 5.74. The Labute approximate surface area is 111 Å². The van der Waals surface area contributed by atoms with Crippen molar-refractivity contribution in [1.29, 1.82) is 0 Å². The minimum atomic E-state index is 0.284. The first kappa shape index (κ1) is 14.8. The lowest BCUT2D eigenvalue weighted by Gasteiger charge is -2.17. The smallest absolute Gasteiger partial charge is 0.125 e. The zero-order valence-electron chi connectivity index (χ0n) is 12.3. The van der Waals surface area contributed by atoms with E-state index in [4.69, 9.17) is 10.5 Å². The van der Waals surface area contributed by atoms with Gasteiger partial charge in [-0.3, -0.25) is 0 Å². The van der Waals surface area contributed by atoms with E-state index in [9.17, 15) is 0 Å². The standard InChI is InChI=1S/C15H26N2O/c1-10-9-14(17-8-6-7-11(2)16)12(3)13(4)15(10)18-5/h9,11,17H,6-8,16H2,1-5H3. The molecule has 1 aromatic carbocycles. The summed E-state index contributed by atoms with van der Waals surface area (Å²) in [5.41, 5.74) is 10.6. The van der Waals surface area contributed by atoms with Crippen LogP contribution >= 0.6 is 0 Å². The topological polar surface area (TPSA) is 47.3 Å². The van der Waals surface area contributed by atoms with Crippen LogP contribution in [0.2, 0.25) is 0 Å². The molecule has 3 nitrogen and oxygen atoms in total. The van der Waals surface area contributed by atoms with Gasteiger partial charge in [-0.25, -0.2) is 0 Å². The molecule has 0 heterocycles. The van der Waals surface area contributed by atoms with Crippen LogP contribution in [0.5, 0.6) is 5.75 Å². The van der Waals surface area contributed by atoms with Gasteiger partial charge in [-0.2, -0.15) is 0 Å². The third kappa shape index (κ3) is 3.64. The normalized spacial score (nSPS) is 12.3. The van der Waals surface area contributed by atoms with Crippen LogP contribution in [0.15, 0.2) is 6.07 Å². The van der Waals surface area contributed by atoms with Crippen LogP contribution in [-0.4, -0.2) is 19.7 Å². The van der Waals surface area contributed by atoms with Gasteiger partial charge in [0.25, 0.3) is 0 Å². The van der Waals surface area contributed by atoms with Gasteiger partial charge in [0.05, 0.1) is 7.11 Å². The van der Waals surface area contributed by atoms with Crippen molar-refractivity contribution in [2.24, 2.45) is 5.73 Å². The van der Waals surface area contributed by atoms with E-state index in [-0.39, 0.29) is 6.04 Å². The van der Waals surface area contributed by atoms with E-state index in [1.54, 1.807) is 7.11 Å². The molecule has 3 heteroatoms. The third-order valence-electron chi connectivity index (χ3n) is 3.38. The maximum absolute atomic E-state index is 5.74. The zero-order chi connectivity index (χ0) is 13.7. The molecule has 0 saturated heterocycles. The summed E-state index contributed by atoms with van der Waals surface area (Å²) < 4.78 is 5.42. The highest BCUT2D eigenvalue weighted by Gasteiger charge is 2.10. The van der Waals surface area contributed by atoms with Crippen molar-refractivity contribution in [3.05, 3.63) is 22.8 Å². The summed E-state index contributed by atoms with van der Waals surface area (Å²) in [7, 11) is 1.73. The number of hydrogen-bond acceptors (Lipinski definition) is 3. The van der Waals surface area contributed by atoms with Crippen molar-refractivity contribution >= 4 is 5.69 Å². The molecule has 0 aliphatic carbocycles. The third-order valence-corrected chi connectivity index (χ3v) is 3.38. The number of benzene rings is 1. The number of hydrogen-bond donors (Lipinski definition) is 2. The number of aryl methyl sites for hydroxylation is 1. The summed E-state index contributed by atoms with van der Waals surface area (Å²) in [4.78, 5) is 0. The van der Waals surface area contributed by atoms with Crippen molar-refractivity contribution in [1.82, 2.24) is 0 Å². The molecule has 0 aliphatic heterocycles. The Bertz CT molecular complexity index is 400. The van der Waals surface area contributed by atoms with E-state index in [1.807, 2.05) is 6.92 Å². The Hall–Kier alpha value is -1.22. The molecule has 102 valence electrons. The molecule has 0 radical (unpaired) electrons. The van der Waals surface area contributed by atoms with E-state index >= 15 is 0 Å². The van der Waals surface area contributed by atoms with E-state index < -0.39 is 0 Å². The minimum absolute atomic E-state index is 0.284. The van der Waals surface area contributed by atoms with Crippen molar-refractivity contribution in [3.63, 3.8) is 0 Å². The van der Waals surface area contributed by atoms with E-state index in [0.717, 1.165) is 25.1 Å². The molecule has 0 spiro atoms. The van der Waals surface area contributed by atoms with Gasteiger partial charge in [-0.15, -0.1) is 0 Å². The molecular formula is C15H26N2O. The second kappa shape index (κ2) is 6.64. The molecule has 1 unspecified atom stereocenters. The number of anilines is 1. The Morgan fingerprint density at radius 2 is 1.94 bits per heavy atom. The van der Waals surface area contributed by atoms with Crippen LogP contribution in [0.1, 0.15) is 36.5 Å². The molecule has 0 aromatic heterocycles. The molecule has 0 fully saturated rings. The maximum Gasteiger partial charge on any atom is 0.125 e. The lowest BCUT2D eigenvalue weighted by Crippen LogP contribution is -2.16. The zero-order valence-corrected chi connectivity index (χ0v) is 12.3. The van der Waals surface area contributed by atoms with Gasteiger partial charge in [0.15, 0.2) is 0 Å². The van der Waals surface area contributed by atoms with Gasteiger partial charge >= 0.3 is 0 Å². The molecule has 0 amide bonds. The van der Waals surface area contributed by atoms with Gasteiger partial charge in [0, 0.05) is 18.3 Å². The van der Waals surface area contributed by atoms with Gasteiger partial charge in [0.1, 0.15) is 5.75 Å². The van der Waals surface area contributed by atoms with E-state index in [1.165, 1.54) is 22.4 Å². The molecule has 3 N–H and O–H groups in total. The molecule has 1 atom stereocenters. The lowest BCUT2D eigenvalue weighted by atomic mass is 10.0. The van der Waals surface area contributed by atoms with Gasteiger partial charge in [-0.1, -0.05) is 0 Å². The van der Waals surface area contributed by atoms with Gasteiger partial charge in [0.2, 0.25) is 0 Å². The van der Waals surface area contributed by atoms with Gasteiger partial charge in [-0.05, 0) is 63.3 Å². The summed E-state index contributed by atoms with van der Waals surface area (Å²) in [6, 6.07) is 2.44. The van der Waals surface area contributed by atoms with Crippen molar-refractivity contribution in [3.8, 4) is 5.75 Å². The highest BCUT2D eigenvalue weighted by molar-refractivity contribution is 5.61. The fraction of sp³-hybridized carbons (Fsp3) is 0.600. The van der Waals surface area contributed by atoms with Crippen LogP contribution in [0.25, 0.3) is 0 Å². The first-order valence-corrected chi connectivity index (χ1v) is 6.61. The lowest BCUT2D eigenvalue weighted by molar-refractivity contribution is 0.408. The van der Waals surface area contributed by atoms with Crippen LogP contribution in [0.4, 0.5) is 5.69 Å². The average molecular weight is 250 g/mol. The van der Waals surface area contributed by atoms with Crippen molar-refractivity contribution in [2.45, 2.75) is 46.6 Å². The highest BCUT2D eigenvalue weighted by Crippen LogP contribution is 2.31. The molecular weight excluding hydrogens is 224 g/mol. The fourth-order valence-corrected chi connectivity index (χ4v) is 2.20. The number of methoxy groups -OCH3 is 1. The molecule has 1 aromatic rings. The largest absolute Gasteiger partial charge is 0.496 e. The number of ether oxygens (including phenoxy) is 1. The first-order chi connectivity index (χ1) is 8.47. The molecule has 0 aliphatic rings. The predicted molar refractivity (Wildman–Crippen MR) is 78.6 cm³/mol. The monoisotopic (exact) mass is 250 g/mol. The molecule has 0 saturated carbocycles. The highest BCUT2D eigenvalue weighted by atomic mass is 16.5. The Kier molecular flexibility index (Phi) is 5.48. The quantitative estimate of drug-likeness (QED) is 0.762. The summed E-state index contributed by atoms with van der Waals surface area (Å²) in [5.74, 6) is 0.994. The Balaban J connectivity index is 2.72. The Morgan fingerprint density at radius 1 is 1.28 bits per heavy atom. The molecule has 1 rings (SSSR count). The number of nitrogens with one attached hydrogen (secondary N) is 1. The first-order valence-electron chi connectivity index (χ1n) is 6.61.